The van der Waals surface area contributed by atoms with E-state index >= 15 is 0 Å². The Balaban J connectivity index is 2.96. The normalized spacial score (nSPS) is 14.5. The summed E-state index contributed by atoms with van der Waals surface area (Å²) in [4.78, 5) is 35.7. The zero-order chi connectivity index (χ0) is 14.0. The molecule has 18 heavy (non-hydrogen) atoms. The Hall–Kier alpha value is -0.230. The van der Waals surface area contributed by atoms with Gasteiger partial charge in [-0.2, -0.15) is 0 Å². The maximum absolute atomic E-state index is 11.3. The first-order valence-electron chi connectivity index (χ1n) is 4.68. The van der Waals surface area contributed by atoms with Crippen LogP contribution in [0.25, 0.3) is 0 Å². The molecule has 1 unspecified atom stereocenters. The zero-order valence-corrected chi connectivity index (χ0v) is 11.5. The SMILES string of the molecule is O=P(O)(O)CNC(c1ccc(Cl)cc1)P(=O)(O)O. The monoisotopic (exact) mass is 315 g/mol. The number of halogens is 1. The lowest BCUT2D eigenvalue weighted by Gasteiger charge is -2.20. The van der Waals surface area contributed by atoms with Crippen LogP contribution in [-0.4, -0.2) is 25.9 Å². The first-order valence-corrected chi connectivity index (χ1v) is 8.54. The van der Waals surface area contributed by atoms with E-state index in [0.717, 1.165) is 0 Å². The molecular weight excluding hydrogens is 303 g/mol. The van der Waals surface area contributed by atoms with E-state index < -0.39 is 27.3 Å². The topological polar surface area (TPSA) is 127 Å². The Morgan fingerprint density at radius 1 is 1.11 bits per heavy atom. The van der Waals surface area contributed by atoms with Crippen molar-refractivity contribution in [3.05, 3.63) is 34.9 Å². The van der Waals surface area contributed by atoms with Gasteiger partial charge in [0.25, 0.3) is 0 Å². The third-order valence-corrected chi connectivity index (χ3v) is 4.01. The molecule has 0 aromatic heterocycles. The van der Waals surface area contributed by atoms with Gasteiger partial charge in [-0.25, -0.2) is 0 Å². The summed E-state index contributed by atoms with van der Waals surface area (Å²) in [7, 11) is -9.00. The fourth-order valence-corrected chi connectivity index (χ4v) is 2.86. The molecule has 0 fully saturated rings. The molecular formula is C8H12ClNO6P2. The minimum atomic E-state index is -4.60. The highest BCUT2D eigenvalue weighted by molar-refractivity contribution is 7.53. The van der Waals surface area contributed by atoms with Crippen molar-refractivity contribution in [2.75, 3.05) is 6.29 Å². The van der Waals surface area contributed by atoms with Crippen molar-refractivity contribution in [2.45, 2.75) is 5.78 Å². The summed E-state index contributed by atoms with van der Waals surface area (Å²) < 4.78 is 22.0. The van der Waals surface area contributed by atoms with Crippen molar-refractivity contribution in [3.8, 4) is 0 Å². The zero-order valence-electron chi connectivity index (χ0n) is 8.97. The fraction of sp³-hybridized carbons (Fsp3) is 0.250. The van der Waals surface area contributed by atoms with Crippen molar-refractivity contribution in [3.63, 3.8) is 0 Å². The lowest BCUT2D eigenvalue weighted by molar-refractivity contribution is 0.343. The van der Waals surface area contributed by atoms with Gasteiger partial charge in [0, 0.05) is 5.02 Å². The van der Waals surface area contributed by atoms with Crippen LogP contribution in [0.5, 0.6) is 0 Å². The number of benzene rings is 1. The first kappa shape index (κ1) is 15.8. The summed E-state index contributed by atoms with van der Waals surface area (Å²) >= 11 is 5.64. The lowest BCUT2D eigenvalue weighted by atomic mass is 10.2. The smallest absolute Gasteiger partial charge is 0.324 e. The van der Waals surface area contributed by atoms with Crippen LogP contribution in [-0.2, 0) is 9.13 Å². The van der Waals surface area contributed by atoms with Gasteiger partial charge in [0.15, 0.2) is 0 Å². The third-order valence-electron chi connectivity index (χ3n) is 2.01. The quantitative estimate of drug-likeness (QED) is 0.517. The molecule has 1 aromatic carbocycles. The van der Waals surface area contributed by atoms with Crippen LogP contribution in [0.1, 0.15) is 11.3 Å². The molecule has 1 aromatic rings. The van der Waals surface area contributed by atoms with Gasteiger partial charge in [-0.3, -0.25) is 14.4 Å². The predicted molar refractivity (Wildman–Crippen MR) is 66.3 cm³/mol. The highest BCUT2D eigenvalue weighted by Crippen LogP contribution is 2.51. The molecule has 0 saturated carbocycles. The van der Waals surface area contributed by atoms with Crippen molar-refractivity contribution in [1.82, 2.24) is 5.32 Å². The standard InChI is InChI=1S/C8H12ClNO6P2/c9-7-3-1-6(2-4-7)8(18(14,15)16)10-5-17(11,12)13/h1-4,8,10H,5H2,(H2,11,12,13)(H2,14,15,16). The van der Waals surface area contributed by atoms with Crippen LogP contribution in [0.3, 0.4) is 0 Å². The van der Waals surface area contributed by atoms with Crippen LogP contribution in [0, 0.1) is 0 Å². The minimum Gasteiger partial charge on any atom is -0.324 e. The molecule has 102 valence electrons. The van der Waals surface area contributed by atoms with E-state index in [-0.39, 0.29) is 5.56 Å². The average Bonchev–Trinajstić information content (AvgIpc) is 2.17. The van der Waals surface area contributed by atoms with E-state index in [2.05, 4.69) is 5.32 Å². The lowest BCUT2D eigenvalue weighted by Crippen LogP contribution is -2.22. The van der Waals surface area contributed by atoms with Crippen LogP contribution >= 0.6 is 26.8 Å². The predicted octanol–water partition coefficient (Wildman–Crippen LogP) is 1.24. The molecule has 0 aliphatic carbocycles. The molecule has 0 aliphatic heterocycles. The number of nitrogens with one attached hydrogen (secondary N) is 1. The van der Waals surface area contributed by atoms with Gasteiger partial charge in [-0.1, -0.05) is 23.7 Å². The van der Waals surface area contributed by atoms with Crippen LogP contribution in [0.4, 0.5) is 0 Å². The second-order valence-electron chi connectivity index (χ2n) is 3.57. The summed E-state index contributed by atoms with van der Waals surface area (Å²) in [6.45, 7) is 0. The maximum Gasteiger partial charge on any atom is 0.346 e. The van der Waals surface area contributed by atoms with Crippen molar-refractivity contribution < 1.29 is 28.7 Å². The molecule has 0 heterocycles. The molecule has 1 atom stereocenters. The van der Waals surface area contributed by atoms with E-state index in [9.17, 15) is 9.13 Å². The van der Waals surface area contributed by atoms with Gasteiger partial charge in [-0.05, 0) is 17.7 Å². The van der Waals surface area contributed by atoms with Crippen molar-refractivity contribution >= 4 is 26.8 Å². The Morgan fingerprint density at radius 2 is 1.61 bits per heavy atom. The van der Waals surface area contributed by atoms with Gasteiger partial charge < -0.3 is 19.6 Å². The highest BCUT2D eigenvalue weighted by atomic mass is 35.5. The first-order chi connectivity index (χ1) is 8.09. The minimum absolute atomic E-state index is 0.196. The molecule has 1 rings (SSSR count). The van der Waals surface area contributed by atoms with Crippen LogP contribution in [0.2, 0.25) is 5.02 Å². The number of hydrogen-bond acceptors (Lipinski definition) is 3. The summed E-state index contributed by atoms with van der Waals surface area (Å²) in [5, 5.41) is 2.55. The molecule has 0 saturated heterocycles. The summed E-state index contributed by atoms with van der Waals surface area (Å²) in [6.07, 6.45) is -0.828. The van der Waals surface area contributed by atoms with E-state index in [0.29, 0.717) is 5.02 Å². The van der Waals surface area contributed by atoms with E-state index in [1.165, 1.54) is 24.3 Å². The van der Waals surface area contributed by atoms with Gasteiger partial charge in [0.05, 0.1) is 6.29 Å². The number of hydrogen-bond donors (Lipinski definition) is 5. The molecule has 0 amide bonds. The van der Waals surface area contributed by atoms with Crippen molar-refractivity contribution in [2.24, 2.45) is 0 Å². The molecule has 0 spiro atoms. The summed E-state index contributed by atoms with van der Waals surface area (Å²) in [5.41, 5.74) is 0.196. The van der Waals surface area contributed by atoms with E-state index in [4.69, 9.17) is 31.2 Å². The van der Waals surface area contributed by atoms with Gasteiger partial charge in [0.1, 0.15) is 5.78 Å². The van der Waals surface area contributed by atoms with Gasteiger partial charge >= 0.3 is 15.2 Å². The largest absolute Gasteiger partial charge is 0.346 e. The molecule has 0 aliphatic rings. The second-order valence-corrected chi connectivity index (χ2v) is 7.35. The summed E-state index contributed by atoms with van der Waals surface area (Å²) in [5.74, 6) is -1.48. The average molecular weight is 316 g/mol. The molecule has 0 bridgehead atoms. The Morgan fingerprint density at radius 3 is 2.00 bits per heavy atom. The Labute approximate surface area is 108 Å². The van der Waals surface area contributed by atoms with Gasteiger partial charge in [-0.15, -0.1) is 0 Å². The van der Waals surface area contributed by atoms with Gasteiger partial charge in [0.2, 0.25) is 0 Å². The number of rotatable bonds is 5. The Bertz CT molecular complexity index is 495. The molecule has 0 radical (unpaired) electrons. The third kappa shape index (κ3) is 5.18. The molecule has 7 nitrogen and oxygen atoms in total. The second kappa shape index (κ2) is 5.82. The fourth-order valence-electron chi connectivity index (χ4n) is 1.28. The summed E-state index contributed by atoms with van der Waals surface area (Å²) in [6, 6.07) is 5.61. The van der Waals surface area contributed by atoms with Crippen LogP contribution < -0.4 is 5.32 Å². The van der Waals surface area contributed by atoms with Crippen molar-refractivity contribution in [1.29, 1.82) is 0 Å². The van der Waals surface area contributed by atoms with Crippen LogP contribution in [0.15, 0.2) is 24.3 Å². The van der Waals surface area contributed by atoms with E-state index in [1.54, 1.807) is 0 Å². The highest BCUT2D eigenvalue weighted by Gasteiger charge is 2.31. The molecule has 5 N–H and O–H groups in total. The Kier molecular flexibility index (Phi) is 5.12. The molecule has 10 heteroatoms. The maximum atomic E-state index is 11.3. The van der Waals surface area contributed by atoms with E-state index in [1.807, 2.05) is 0 Å².